The molecule has 0 aliphatic heterocycles. The van der Waals surface area contributed by atoms with Gasteiger partial charge in [0.1, 0.15) is 0 Å². The van der Waals surface area contributed by atoms with Gasteiger partial charge in [-0.15, -0.1) is 0 Å². The first-order chi connectivity index (χ1) is 7.31. The van der Waals surface area contributed by atoms with Crippen LogP contribution in [0.2, 0.25) is 5.02 Å². The maximum absolute atomic E-state index is 5.99. The summed E-state index contributed by atoms with van der Waals surface area (Å²) in [4.78, 5) is 0. The number of aromatic nitrogens is 2. The van der Waals surface area contributed by atoms with Gasteiger partial charge in [-0.25, -0.2) is 0 Å². The van der Waals surface area contributed by atoms with Gasteiger partial charge in [0.2, 0.25) is 0 Å². The zero-order chi connectivity index (χ0) is 10.7. The number of likely N-dealkylation sites (N-methyl/N-ethyl adjacent to an activating group) is 1. The first-order valence-electron chi connectivity index (χ1n) is 4.82. The maximum atomic E-state index is 5.99. The number of anilines is 1. The molecule has 1 aromatic heterocycles. The molecule has 3 N–H and O–H groups in total. The van der Waals surface area contributed by atoms with Crippen LogP contribution in [0, 0.1) is 0 Å². The second-order valence-corrected chi connectivity index (χ2v) is 3.75. The molecule has 0 radical (unpaired) electrons. The summed E-state index contributed by atoms with van der Waals surface area (Å²) in [7, 11) is 1.92. The Morgan fingerprint density at radius 2 is 2.27 bits per heavy atom. The van der Waals surface area contributed by atoms with Crippen molar-refractivity contribution in [3.63, 3.8) is 0 Å². The van der Waals surface area contributed by atoms with Crippen molar-refractivity contribution >= 4 is 28.2 Å². The number of H-pyrrole nitrogens is 1. The van der Waals surface area contributed by atoms with Crippen LogP contribution in [0.3, 0.4) is 0 Å². The van der Waals surface area contributed by atoms with E-state index in [0.717, 1.165) is 29.7 Å². The van der Waals surface area contributed by atoms with Crippen molar-refractivity contribution < 1.29 is 0 Å². The molecule has 0 aliphatic rings. The van der Waals surface area contributed by atoms with Crippen LogP contribution in [0.1, 0.15) is 0 Å². The van der Waals surface area contributed by atoms with E-state index in [1.165, 1.54) is 0 Å². The molecule has 15 heavy (non-hydrogen) atoms. The van der Waals surface area contributed by atoms with E-state index in [0.29, 0.717) is 5.02 Å². The number of halogens is 1. The molecule has 0 bridgehead atoms. The van der Waals surface area contributed by atoms with Gasteiger partial charge < -0.3 is 10.6 Å². The summed E-state index contributed by atoms with van der Waals surface area (Å²) in [6, 6.07) is 3.78. The zero-order valence-corrected chi connectivity index (χ0v) is 9.23. The Balaban J connectivity index is 2.27. The van der Waals surface area contributed by atoms with Crippen LogP contribution in [-0.4, -0.2) is 30.3 Å². The maximum Gasteiger partial charge on any atom is 0.0686 e. The van der Waals surface area contributed by atoms with E-state index in [-0.39, 0.29) is 0 Å². The van der Waals surface area contributed by atoms with Crippen LogP contribution >= 0.6 is 11.6 Å². The fraction of sp³-hybridized carbons (Fsp3) is 0.300. The molecule has 0 fully saturated rings. The van der Waals surface area contributed by atoms with Gasteiger partial charge in [0.15, 0.2) is 0 Å². The second-order valence-electron chi connectivity index (χ2n) is 3.31. The predicted octanol–water partition coefficient (Wildman–Crippen LogP) is 1.85. The third-order valence-corrected chi connectivity index (χ3v) is 2.43. The lowest BCUT2D eigenvalue weighted by Gasteiger charge is -2.07. The summed E-state index contributed by atoms with van der Waals surface area (Å²) in [5.74, 6) is 0. The number of hydrogen-bond donors (Lipinski definition) is 3. The molecule has 1 heterocycles. The van der Waals surface area contributed by atoms with E-state index in [2.05, 4.69) is 20.8 Å². The average Bonchev–Trinajstić information content (AvgIpc) is 2.65. The van der Waals surface area contributed by atoms with E-state index >= 15 is 0 Å². The fourth-order valence-electron chi connectivity index (χ4n) is 1.48. The van der Waals surface area contributed by atoms with Gasteiger partial charge in [-0.05, 0) is 19.2 Å². The Morgan fingerprint density at radius 1 is 1.40 bits per heavy atom. The quantitative estimate of drug-likeness (QED) is 0.695. The molecule has 80 valence electrons. The lowest BCUT2D eigenvalue weighted by molar-refractivity contribution is 0.824. The van der Waals surface area contributed by atoms with Crippen molar-refractivity contribution in [3.8, 4) is 0 Å². The van der Waals surface area contributed by atoms with Crippen molar-refractivity contribution in [1.29, 1.82) is 0 Å². The predicted molar refractivity (Wildman–Crippen MR) is 63.5 cm³/mol. The number of benzene rings is 1. The highest BCUT2D eigenvalue weighted by molar-refractivity contribution is 6.31. The Labute approximate surface area is 93.0 Å². The van der Waals surface area contributed by atoms with Crippen LogP contribution in [0.4, 0.5) is 5.69 Å². The molecule has 0 amide bonds. The average molecular weight is 225 g/mol. The molecular weight excluding hydrogens is 212 g/mol. The first kappa shape index (κ1) is 10.3. The molecule has 0 atom stereocenters. The number of aromatic amines is 1. The lowest BCUT2D eigenvalue weighted by Crippen LogP contribution is -2.17. The van der Waals surface area contributed by atoms with Crippen LogP contribution in [0.5, 0.6) is 0 Å². The number of fused-ring (bicyclic) bond motifs is 1. The molecule has 1 aromatic carbocycles. The topological polar surface area (TPSA) is 52.7 Å². The van der Waals surface area contributed by atoms with E-state index in [1.54, 1.807) is 6.20 Å². The van der Waals surface area contributed by atoms with Crippen LogP contribution in [0.25, 0.3) is 10.9 Å². The highest BCUT2D eigenvalue weighted by Crippen LogP contribution is 2.26. The fourth-order valence-corrected chi connectivity index (χ4v) is 1.70. The molecule has 4 nitrogen and oxygen atoms in total. The van der Waals surface area contributed by atoms with E-state index < -0.39 is 0 Å². The van der Waals surface area contributed by atoms with Gasteiger partial charge in [-0.1, -0.05) is 11.6 Å². The highest BCUT2D eigenvalue weighted by atomic mass is 35.5. The largest absolute Gasteiger partial charge is 0.383 e. The minimum Gasteiger partial charge on any atom is -0.383 e. The van der Waals surface area contributed by atoms with Gasteiger partial charge in [0, 0.05) is 29.2 Å². The summed E-state index contributed by atoms with van der Waals surface area (Å²) in [6.07, 6.45) is 1.80. The zero-order valence-electron chi connectivity index (χ0n) is 8.47. The Bertz CT molecular complexity index is 452. The molecule has 0 saturated heterocycles. The summed E-state index contributed by atoms with van der Waals surface area (Å²) in [6.45, 7) is 1.77. The lowest BCUT2D eigenvalue weighted by atomic mass is 10.2. The van der Waals surface area contributed by atoms with Gasteiger partial charge in [-0.3, -0.25) is 5.10 Å². The van der Waals surface area contributed by atoms with Gasteiger partial charge >= 0.3 is 0 Å². The van der Waals surface area contributed by atoms with Crippen molar-refractivity contribution in [2.45, 2.75) is 0 Å². The van der Waals surface area contributed by atoms with Crippen LogP contribution < -0.4 is 10.6 Å². The van der Waals surface area contributed by atoms with Crippen molar-refractivity contribution in [2.75, 3.05) is 25.5 Å². The molecule has 0 aliphatic carbocycles. The van der Waals surface area contributed by atoms with E-state index in [4.69, 9.17) is 11.6 Å². The van der Waals surface area contributed by atoms with Crippen molar-refractivity contribution in [3.05, 3.63) is 23.4 Å². The number of nitrogens with zero attached hydrogens (tertiary/aromatic N) is 1. The molecular formula is C10H13ClN4. The van der Waals surface area contributed by atoms with Crippen molar-refractivity contribution in [2.24, 2.45) is 0 Å². The van der Waals surface area contributed by atoms with Gasteiger partial charge in [0.05, 0.1) is 11.7 Å². The normalized spacial score (nSPS) is 10.8. The summed E-state index contributed by atoms with van der Waals surface area (Å²) >= 11 is 5.99. The third kappa shape index (κ3) is 2.22. The van der Waals surface area contributed by atoms with Crippen LogP contribution in [-0.2, 0) is 0 Å². The monoisotopic (exact) mass is 224 g/mol. The summed E-state index contributed by atoms with van der Waals surface area (Å²) in [5.41, 5.74) is 1.97. The SMILES string of the molecule is CNCCNc1cc(Cl)cc2[nH]ncc12. The number of hydrogen-bond acceptors (Lipinski definition) is 3. The summed E-state index contributed by atoms with van der Waals surface area (Å²) < 4.78 is 0. The molecule has 2 aromatic rings. The van der Waals surface area contributed by atoms with E-state index in [1.807, 2.05) is 19.2 Å². The van der Waals surface area contributed by atoms with Gasteiger partial charge in [-0.2, -0.15) is 5.10 Å². The third-order valence-electron chi connectivity index (χ3n) is 2.21. The molecule has 0 saturated carbocycles. The molecule has 2 rings (SSSR count). The van der Waals surface area contributed by atoms with Crippen LogP contribution in [0.15, 0.2) is 18.3 Å². The standard InChI is InChI=1S/C10H13ClN4/c1-12-2-3-13-9-4-7(11)5-10-8(9)6-14-15-10/h4-6,12-13H,2-3H2,1H3,(H,14,15). The number of rotatable bonds is 4. The van der Waals surface area contributed by atoms with Gasteiger partial charge in [0.25, 0.3) is 0 Å². The summed E-state index contributed by atoms with van der Waals surface area (Å²) in [5, 5.41) is 15.0. The molecule has 0 unspecified atom stereocenters. The molecule has 5 heteroatoms. The minimum atomic E-state index is 0.707. The van der Waals surface area contributed by atoms with Crippen molar-refractivity contribution in [1.82, 2.24) is 15.5 Å². The highest BCUT2D eigenvalue weighted by Gasteiger charge is 2.04. The number of nitrogens with one attached hydrogen (secondary N) is 3. The Kier molecular flexibility index (Phi) is 3.08. The minimum absolute atomic E-state index is 0.707. The Morgan fingerprint density at radius 3 is 3.07 bits per heavy atom. The Hall–Kier alpha value is -1.26. The second kappa shape index (κ2) is 4.51. The first-order valence-corrected chi connectivity index (χ1v) is 5.20. The van der Waals surface area contributed by atoms with E-state index in [9.17, 15) is 0 Å². The molecule has 0 spiro atoms. The smallest absolute Gasteiger partial charge is 0.0686 e.